The van der Waals surface area contributed by atoms with Crippen LogP contribution >= 0.6 is 0 Å². The van der Waals surface area contributed by atoms with E-state index in [1.165, 1.54) is 0 Å². The highest BCUT2D eigenvalue weighted by molar-refractivity contribution is 5.05. The summed E-state index contributed by atoms with van der Waals surface area (Å²) in [4.78, 5) is 3.95. The molecular weight excluding hydrogens is 126 g/mol. The van der Waals surface area contributed by atoms with Crippen LogP contribution < -0.4 is 0 Å². The molecule has 1 aromatic rings. The zero-order valence-electron chi connectivity index (χ0n) is 6.42. The monoisotopic (exact) mass is 136 g/mol. The zero-order chi connectivity index (χ0) is 7.61. The molecule has 0 spiro atoms. The number of nitrogens with zero attached hydrogens (tertiary/aromatic N) is 3. The van der Waals surface area contributed by atoms with Crippen molar-refractivity contribution in [1.82, 2.24) is 15.2 Å². The molecule has 1 radical (unpaired) electrons. The van der Waals surface area contributed by atoms with Crippen LogP contribution in [0.3, 0.4) is 0 Å². The third-order valence-corrected chi connectivity index (χ3v) is 1.22. The summed E-state index contributed by atoms with van der Waals surface area (Å²) in [6, 6.07) is 0. The topological polar surface area (TPSA) is 38.7 Å². The number of rotatable bonds is 0. The summed E-state index contributed by atoms with van der Waals surface area (Å²) >= 11 is 0. The lowest BCUT2D eigenvalue weighted by Gasteiger charge is -2.15. The molecule has 0 unspecified atom stereocenters. The molecule has 0 aliphatic rings. The molecule has 0 N–H and O–H groups in total. The van der Waals surface area contributed by atoms with Gasteiger partial charge in [0.1, 0.15) is 0 Å². The minimum atomic E-state index is 0.0481. The van der Waals surface area contributed by atoms with Gasteiger partial charge in [0.05, 0.1) is 11.9 Å². The molecule has 0 aliphatic carbocycles. The van der Waals surface area contributed by atoms with Gasteiger partial charge in [-0.15, -0.1) is 5.10 Å². The second-order valence-electron chi connectivity index (χ2n) is 3.19. The van der Waals surface area contributed by atoms with Crippen LogP contribution in [-0.4, -0.2) is 15.2 Å². The second kappa shape index (κ2) is 2.33. The van der Waals surface area contributed by atoms with Crippen LogP contribution in [-0.2, 0) is 5.41 Å². The lowest BCUT2D eigenvalue weighted by atomic mass is 9.93. The van der Waals surface area contributed by atoms with Gasteiger partial charge < -0.3 is 0 Å². The van der Waals surface area contributed by atoms with E-state index in [9.17, 15) is 0 Å². The van der Waals surface area contributed by atoms with Gasteiger partial charge in [0.2, 0.25) is 6.33 Å². The Labute approximate surface area is 60.5 Å². The summed E-state index contributed by atoms with van der Waals surface area (Å²) in [6.45, 7) is 6.22. The first kappa shape index (κ1) is 7.12. The average Bonchev–Trinajstić information content (AvgIpc) is 1.88. The van der Waals surface area contributed by atoms with Gasteiger partial charge in [0.15, 0.2) is 0 Å². The Morgan fingerprint density at radius 3 is 2.40 bits per heavy atom. The number of hydrogen-bond acceptors (Lipinski definition) is 3. The van der Waals surface area contributed by atoms with Gasteiger partial charge >= 0.3 is 0 Å². The second-order valence-corrected chi connectivity index (χ2v) is 3.19. The van der Waals surface area contributed by atoms with Crippen LogP contribution in [0.25, 0.3) is 0 Å². The summed E-state index contributed by atoms with van der Waals surface area (Å²) < 4.78 is 0. The minimum Gasteiger partial charge on any atom is -0.226 e. The average molecular weight is 136 g/mol. The Balaban J connectivity index is 2.97. The fourth-order valence-electron chi connectivity index (χ4n) is 0.576. The molecule has 0 bridgehead atoms. The lowest BCUT2D eigenvalue weighted by Crippen LogP contribution is -2.13. The highest BCUT2D eigenvalue weighted by Gasteiger charge is 2.14. The summed E-state index contributed by atoms with van der Waals surface area (Å²) in [7, 11) is 0. The van der Waals surface area contributed by atoms with Gasteiger partial charge in [0.25, 0.3) is 0 Å². The van der Waals surface area contributed by atoms with Crippen molar-refractivity contribution in [3.8, 4) is 0 Å². The lowest BCUT2D eigenvalue weighted by molar-refractivity contribution is 0.559. The Morgan fingerprint density at radius 2 is 2.10 bits per heavy atom. The first-order valence-electron chi connectivity index (χ1n) is 3.17. The largest absolute Gasteiger partial charge is 0.226 e. The maximum absolute atomic E-state index is 3.95. The molecule has 0 aliphatic heterocycles. The van der Waals surface area contributed by atoms with Crippen LogP contribution in [0.5, 0.6) is 0 Å². The van der Waals surface area contributed by atoms with E-state index in [1.54, 1.807) is 6.20 Å². The Hall–Kier alpha value is -0.990. The molecule has 3 nitrogen and oxygen atoms in total. The molecule has 0 saturated heterocycles. The molecule has 0 atom stereocenters. The highest BCUT2D eigenvalue weighted by atomic mass is 15.1. The van der Waals surface area contributed by atoms with Crippen molar-refractivity contribution in [2.24, 2.45) is 0 Å². The molecule has 0 aromatic carbocycles. The summed E-state index contributed by atoms with van der Waals surface area (Å²) in [6.07, 6.45) is 4.12. The van der Waals surface area contributed by atoms with Gasteiger partial charge in [-0.3, -0.25) is 0 Å². The summed E-state index contributed by atoms with van der Waals surface area (Å²) in [5.41, 5.74) is 0.967. The van der Waals surface area contributed by atoms with E-state index in [4.69, 9.17) is 0 Å². The predicted octanol–water partition coefficient (Wildman–Crippen LogP) is 0.969. The van der Waals surface area contributed by atoms with Crippen LogP contribution in [0.4, 0.5) is 0 Å². The fourth-order valence-corrected chi connectivity index (χ4v) is 0.576. The molecule has 0 saturated carbocycles. The van der Waals surface area contributed by atoms with E-state index in [0.717, 1.165) is 5.69 Å². The Kier molecular flexibility index (Phi) is 1.66. The molecule has 0 amide bonds. The molecule has 1 aromatic heterocycles. The van der Waals surface area contributed by atoms with Crippen LogP contribution in [0.2, 0.25) is 0 Å². The van der Waals surface area contributed by atoms with Gasteiger partial charge in [-0.05, 0) is 0 Å². The van der Waals surface area contributed by atoms with Crippen molar-refractivity contribution < 1.29 is 0 Å². The first-order valence-corrected chi connectivity index (χ1v) is 3.17. The SMILES string of the molecule is CC(C)(C)c1cnn[c]n1. The first-order chi connectivity index (χ1) is 4.61. The Morgan fingerprint density at radius 1 is 1.40 bits per heavy atom. The molecule has 10 heavy (non-hydrogen) atoms. The van der Waals surface area contributed by atoms with Gasteiger partial charge in [-0.2, -0.15) is 5.10 Å². The van der Waals surface area contributed by atoms with Crippen LogP contribution in [0.15, 0.2) is 6.20 Å². The van der Waals surface area contributed by atoms with E-state index in [1.807, 2.05) is 0 Å². The fraction of sp³-hybridized carbons (Fsp3) is 0.571. The summed E-state index contributed by atoms with van der Waals surface area (Å²) in [5, 5.41) is 7.16. The molecule has 1 rings (SSSR count). The van der Waals surface area contributed by atoms with Crippen molar-refractivity contribution in [1.29, 1.82) is 0 Å². The van der Waals surface area contributed by atoms with Crippen molar-refractivity contribution in [2.75, 3.05) is 0 Å². The minimum absolute atomic E-state index is 0.0481. The third-order valence-electron chi connectivity index (χ3n) is 1.22. The van der Waals surface area contributed by atoms with E-state index < -0.39 is 0 Å². The van der Waals surface area contributed by atoms with E-state index in [0.29, 0.717) is 0 Å². The maximum Gasteiger partial charge on any atom is 0.221 e. The van der Waals surface area contributed by atoms with Gasteiger partial charge in [-0.1, -0.05) is 20.8 Å². The van der Waals surface area contributed by atoms with E-state index in [-0.39, 0.29) is 5.41 Å². The zero-order valence-corrected chi connectivity index (χ0v) is 6.42. The number of hydrogen-bond donors (Lipinski definition) is 0. The van der Waals surface area contributed by atoms with Crippen molar-refractivity contribution in [3.05, 3.63) is 18.2 Å². The molecule has 0 fully saturated rings. The van der Waals surface area contributed by atoms with Crippen LogP contribution in [0.1, 0.15) is 26.5 Å². The summed E-state index contributed by atoms with van der Waals surface area (Å²) in [5.74, 6) is 0. The van der Waals surface area contributed by atoms with Crippen molar-refractivity contribution >= 4 is 0 Å². The molecule has 3 heteroatoms. The maximum atomic E-state index is 3.95. The smallest absolute Gasteiger partial charge is 0.221 e. The molecule has 53 valence electrons. The third kappa shape index (κ3) is 1.50. The van der Waals surface area contributed by atoms with E-state index in [2.05, 4.69) is 42.3 Å². The standard InChI is InChI=1S/C7H10N3/c1-7(2,3)6-4-9-10-5-8-6/h4H,1-3H3. The number of aromatic nitrogens is 3. The Bertz CT molecular complexity index is 200. The predicted molar refractivity (Wildman–Crippen MR) is 37.4 cm³/mol. The van der Waals surface area contributed by atoms with Gasteiger partial charge in [0, 0.05) is 5.41 Å². The normalized spacial score (nSPS) is 11.5. The quantitative estimate of drug-likeness (QED) is 0.533. The van der Waals surface area contributed by atoms with Gasteiger partial charge in [-0.25, -0.2) is 4.98 Å². The van der Waals surface area contributed by atoms with Crippen molar-refractivity contribution in [2.45, 2.75) is 26.2 Å². The molecule has 1 heterocycles. The molecular formula is C7H10N3. The van der Waals surface area contributed by atoms with Crippen molar-refractivity contribution in [3.63, 3.8) is 0 Å². The van der Waals surface area contributed by atoms with E-state index >= 15 is 0 Å². The van der Waals surface area contributed by atoms with Crippen LogP contribution in [0, 0.1) is 6.33 Å². The highest BCUT2D eigenvalue weighted by Crippen LogP contribution is 2.16.